The fraction of sp³-hybridized carbons (Fsp3) is 0.824. The molecule has 2 heterocycles. The van der Waals surface area contributed by atoms with Gasteiger partial charge in [0.15, 0.2) is 0 Å². The lowest BCUT2D eigenvalue weighted by molar-refractivity contribution is -0.129. The molecule has 0 spiro atoms. The van der Waals surface area contributed by atoms with Crippen molar-refractivity contribution in [2.75, 3.05) is 27.2 Å². The van der Waals surface area contributed by atoms with Gasteiger partial charge in [-0.1, -0.05) is 5.21 Å². The van der Waals surface area contributed by atoms with Crippen LogP contribution in [0.4, 0.5) is 0 Å². The monoisotopic (exact) mass is 351 g/mol. The number of ether oxygens (including phenoxy) is 1. The van der Waals surface area contributed by atoms with Crippen molar-refractivity contribution >= 4 is 5.91 Å². The molecule has 1 aromatic rings. The maximum atomic E-state index is 11.9. The summed E-state index contributed by atoms with van der Waals surface area (Å²) in [5, 5.41) is 21.0. The molecule has 1 saturated heterocycles. The van der Waals surface area contributed by atoms with E-state index in [1.54, 1.807) is 0 Å². The first kappa shape index (κ1) is 18.3. The minimum Gasteiger partial charge on any atom is -0.394 e. The maximum Gasteiger partial charge on any atom is 0.234 e. The number of aliphatic hydroxyl groups excluding tert-OH is 1. The number of aryl methyl sites for hydroxylation is 1. The van der Waals surface area contributed by atoms with Crippen LogP contribution in [-0.4, -0.2) is 76.4 Å². The minimum absolute atomic E-state index is 0.0364. The largest absolute Gasteiger partial charge is 0.394 e. The van der Waals surface area contributed by atoms with Crippen molar-refractivity contribution in [2.45, 2.75) is 62.8 Å². The van der Waals surface area contributed by atoms with E-state index in [2.05, 4.69) is 15.6 Å². The van der Waals surface area contributed by atoms with Gasteiger partial charge in [0.05, 0.1) is 31.0 Å². The number of aliphatic hydroxyl groups is 1. The molecule has 3 rings (SSSR count). The Hall–Kier alpha value is -1.51. The highest BCUT2D eigenvalue weighted by Crippen LogP contribution is 2.38. The lowest BCUT2D eigenvalue weighted by Crippen LogP contribution is -2.52. The van der Waals surface area contributed by atoms with Crippen LogP contribution in [0.1, 0.15) is 43.7 Å². The molecule has 2 fully saturated rings. The highest BCUT2D eigenvalue weighted by atomic mass is 16.5. The van der Waals surface area contributed by atoms with Crippen LogP contribution in [0, 0.1) is 0 Å². The fourth-order valence-corrected chi connectivity index (χ4v) is 3.31. The third-order valence-corrected chi connectivity index (χ3v) is 4.83. The number of hydrogen-bond donors (Lipinski definition) is 2. The SMILES string of the molecule is CN(C)CC(=O)N[C@@H]1CC[C@@H](CCn2cc(C3CC3)nn2)O[C@H]1CO. The molecule has 0 radical (unpaired) electrons. The normalized spacial score (nSPS) is 26.8. The Balaban J connectivity index is 1.44. The number of hydrogen-bond acceptors (Lipinski definition) is 6. The number of nitrogens with one attached hydrogen (secondary N) is 1. The van der Waals surface area contributed by atoms with Crippen LogP contribution < -0.4 is 5.32 Å². The molecule has 1 aromatic heterocycles. The fourth-order valence-electron chi connectivity index (χ4n) is 3.31. The predicted molar refractivity (Wildman–Crippen MR) is 92.1 cm³/mol. The second-order valence-electron chi connectivity index (χ2n) is 7.44. The molecule has 0 bridgehead atoms. The van der Waals surface area contributed by atoms with Gasteiger partial charge < -0.3 is 20.1 Å². The molecule has 140 valence electrons. The lowest BCUT2D eigenvalue weighted by Gasteiger charge is -2.36. The first-order chi connectivity index (χ1) is 12.0. The van der Waals surface area contributed by atoms with E-state index < -0.39 is 0 Å². The number of aromatic nitrogens is 3. The Morgan fingerprint density at radius 3 is 2.88 bits per heavy atom. The number of carbonyl (C=O) groups is 1. The van der Waals surface area contributed by atoms with Gasteiger partial charge in [0, 0.05) is 18.7 Å². The van der Waals surface area contributed by atoms with E-state index in [4.69, 9.17) is 4.74 Å². The number of carbonyl (C=O) groups excluding carboxylic acids is 1. The van der Waals surface area contributed by atoms with Gasteiger partial charge in [-0.3, -0.25) is 9.48 Å². The summed E-state index contributed by atoms with van der Waals surface area (Å²) in [5.74, 6) is 0.579. The van der Waals surface area contributed by atoms with Crippen molar-refractivity contribution in [3.63, 3.8) is 0 Å². The molecule has 25 heavy (non-hydrogen) atoms. The number of nitrogens with zero attached hydrogens (tertiary/aromatic N) is 4. The van der Waals surface area contributed by atoms with Crippen molar-refractivity contribution < 1.29 is 14.6 Å². The summed E-state index contributed by atoms with van der Waals surface area (Å²) in [4.78, 5) is 13.8. The highest BCUT2D eigenvalue weighted by molar-refractivity contribution is 5.78. The van der Waals surface area contributed by atoms with Crippen molar-refractivity contribution in [3.8, 4) is 0 Å². The molecule has 1 aliphatic carbocycles. The van der Waals surface area contributed by atoms with Crippen LogP contribution >= 0.6 is 0 Å². The second-order valence-corrected chi connectivity index (χ2v) is 7.44. The molecule has 1 amide bonds. The zero-order valence-electron chi connectivity index (χ0n) is 15.1. The number of amides is 1. The maximum absolute atomic E-state index is 11.9. The zero-order chi connectivity index (χ0) is 17.8. The first-order valence-electron chi connectivity index (χ1n) is 9.15. The summed E-state index contributed by atoms with van der Waals surface area (Å²) in [6.07, 6.45) is 6.74. The van der Waals surface area contributed by atoms with Crippen molar-refractivity contribution in [2.24, 2.45) is 0 Å². The van der Waals surface area contributed by atoms with Gasteiger partial charge in [-0.05, 0) is 46.2 Å². The highest BCUT2D eigenvalue weighted by Gasteiger charge is 2.32. The van der Waals surface area contributed by atoms with Crippen molar-refractivity contribution in [1.29, 1.82) is 0 Å². The second kappa shape index (κ2) is 8.25. The van der Waals surface area contributed by atoms with Crippen LogP contribution in [0.3, 0.4) is 0 Å². The first-order valence-corrected chi connectivity index (χ1v) is 9.15. The Morgan fingerprint density at radius 2 is 2.20 bits per heavy atom. The van der Waals surface area contributed by atoms with Gasteiger partial charge in [-0.2, -0.15) is 0 Å². The van der Waals surface area contributed by atoms with Crippen molar-refractivity contribution in [1.82, 2.24) is 25.2 Å². The molecule has 0 aromatic carbocycles. The van der Waals surface area contributed by atoms with E-state index in [9.17, 15) is 9.90 Å². The molecule has 1 saturated carbocycles. The van der Waals surface area contributed by atoms with Crippen LogP contribution in [0.15, 0.2) is 6.20 Å². The molecule has 0 unspecified atom stereocenters. The van der Waals surface area contributed by atoms with Crippen molar-refractivity contribution in [3.05, 3.63) is 11.9 Å². The third kappa shape index (κ3) is 5.23. The average Bonchev–Trinajstić information content (AvgIpc) is 3.32. The minimum atomic E-state index is -0.345. The summed E-state index contributed by atoms with van der Waals surface area (Å²) in [6, 6.07) is -0.124. The molecule has 2 aliphatic rings. The summed E-state index contributed by atoms with van der Waals surface area (Å²) in [5.41, 5.74) is 1.10. The van der Waals surface area contributed by atoms with Gasteiger partial charge >= 0.3 is 0 Å². The van der Waals surface area contributed by atoms with E-state index in [-0.39, 0.29) is 30.8 Å². The summed E-state index contributed by atoms with van der Waals surface area (Å²) in [7, 11) is 3.71. The molecule has 3 atom stereocenters. The summed E-state index contributed by atoms with van der Waals surface area (Å²) >= 11 is 0. The molecule has 1 aliphatic heterocycles. The quantitative estimate of drug-likeness (QED) is 0.692. The van der Waals surface area contributed by atoms with E-state index in [0.29, 0.717) is 12.5 Å². The Labute approximate surface area is 148 Å². The molecule has 8 heteroatoms. The number of rotatable bonds is 8. The molecular formula is C17H29N5O3. The Kier molecular flexibility index (Phi) is 6.03. The lowest BCUT2D eigenvalue weighted by atomic mass is 9.97. The van der Waals surface area contributed by atoms with Gasteiger partial charge in [0.1, 0.15) is 6.10 Å². The van der Waals surface area contributed by atoms with E-state index >= 15 is 0 Å². The summed E-state index contributed by atoms with van der Waals surface area (Å²) < 4.78 is 7.89. The van der Waals surface area contributed by atoms with Gasteiger partial charge in [0.25, 0.3) is 0 Å². The third-order valence-electron chi connectivity index (χ3n) is 4.83. The molecular weight excluding hydrogens is 322 g/mol. The smallest absolute Gasteiger partial charge is 0.234 e. The van der Waals surface area contributed by atoms with Gasteiger partial charge in [0.2, 0.25) is 5.91 Å². The standard InChI is InChI=1S/C17H29N5O3/c1-21(2)10-17(24)18-14-6-5-13(25-16(14)11-23)7-8-22-9-15(19-20-22)12-3-4-12/h9,12-14,16,23H,3-8,10-11H2,1-2H3,(H,18,24)/t13-,14+,16-/m0/s1. The Morgan fingerprint density at radius 1 is 1.40 bits per heavy atom. The molecule has 2 N–H and O–H groups in total. The van der Waals surface area contributed by atoms with Crippen LogP contribution in [0.2, 0.25) is 0 Å². The summed E-state index contributed by atoms with van der Waals surface area (Å²) in [6.45, 7) is 1.02. The predicted octanol–water partition coefficient (Wildman–Crippen LogP) is 0.132. The Bertz CT molecular complexity index is 572. The molecule has 8 nitrogen and oxygen atoms in total. The van der Waals surface area contributed by atoms with E-state index in [1.165, 1.54) is 12.8 Å². The van der Waals surface area contributed by atoms with Crippen LogP contribution in [0.25, 0.3) is 0 Å². The van der Waals surface area contributed by atoms with Crippen LogP contribution in [-0.2, 0) is 16.1 Å². The topological polar surface area (TPSA) is 92.5 Å². The van der Waals surface area contributed by atoms with Gasteiger partial charge in [-0.15, -0.1) is 5.10 Å². The van der Waals surface area contributed by atoms with Crippen LogP contribution in [0.5, 0.6) is 0 Å². The van der Waals surface area contributed by atoms with Gasteiger partial charge in [-0.25, -0.2) is 0 Å². The number of likely N-dealkylation sites (N-methyl/N-ethyl adjacent to an activating group) is 1. The van der Waals surface area contributed by atoms with E-state index in [0.717, 1.165) is 31.5 Å². The zero-order valence-corrected chi connectivity index (χ0v) is 15.1. The average molecular weight is 351 g/mol. The van der Waals surface area contributed by atoms with E-state index in [1.807, 2.05) is 29.9 Å².